The fourth-order valence-corrected chi connectivity index (χ4v) is 3.02. The van der Waals surface area contributed by atoms with Crippen molar-refractivity contribution < 1.29 is 9.90 Å². The van der Waals surface area contributed by atoms with E-state index in [1.165, 1.54) is 17.6 Å². The number of aryl methyl sites for hydroxylation is 1. The van der Waals surface area contributed by atoms with Gasteiger partial charge < -0.3 is 15.0 Å². The van der Waals surface area contributed by atoms with Gasteiger partial charge in [-0.25, -0.2) is 0 Å². The van der Waals surface area contributed by atoms with E-state index in [0.29, 0.717) is 11.4 Å². The SMILES string of the molecule is CCSc1cccc(NC(=O)C(C)(O)Cn2c(C)cccc2=O)c1. The van der Waals surface area contributed by atoms with Gasteiger partial charge in [0.1, 0.15) is 0 Å². The molecule has 1 unspecified atom stereocenters. The van der Waals surface area contributed by atoms with Gasteiger partial charge in [0.05, 0.1) is 6.54 Å². The smallest absolute Gasteiger partial charge is 0.257 e. The van der Waals surface area contributed by atoms with Crippen LogP contribution in [0.2, 0.25) is 0 Å². The third-order valence-corrected chi connectivity index (χ3v) is 4.50. The maximum atomic E-state index is 12.4. The molecule has 1 aromatic heterocycles. The summed E-state index contributed by atoms with van der Waals surface area (Å²) in [7, 11) is 0. The summed E-state index contributed by atoms with van der Waals surface area (Å²) in [5.74, 6) is 0.391. The number of carbonyl (C=O) groups is 1. The molecule has 1 atom stereocenters. The number of amides is 1. The molecule has 2 rings (SSSR count). The van der Waals surface area contributed by atoms with Crippen molar-refractivity contribution in [3.8, 4) is 0 Å². The highest BCUT2D eigenvalue weighted by molar-refractivity contribution is 7.99. The lowest BCUT2D eigenvalue weighted by atomic mass is 10.1. The molecule has 0 aliphatic heterocycles. The molecule has 0 saturated carbocycles. The van der Waals surface area contributed by atoms with E-state index in [4.69, 9.17) is 0 Å². The van der Waals surface area contributed by atoms with Crippen molar-refractivity contribution in [2.75, 3.05) is 11.1 Å². The van der Waals surface area contributed by atoms with Gasteiger partial charge in [0, 0.05) is 22.3 Å². The van der Waals surface area contributed by atoms with Crippen molar-refractivity contribution in [3.05, 3.63) is 58.5 Å². The van der Waals surface area contributed by atoms with Gasteiger partial charge in [-0.15, -0.1) is 11.8 Å². The maximum Gasteiger partial charge on any atom is 0.257 e. The fourth-order valence-electron chi connectivity index (χ4n) is 2.30. The summed E-state index contributed by atoms with van der Waals surface area (Å²) in [6.07, 6.45) is 0. The second kappa shape index (κ2) is 7.68. The Hall–Kier alpha value is -2.05. The Morgan fingerprint density at radius 1 is 1.29 bits per heavy atom. The Bertz CT molecular complexity index is 784. The van der Waals surface area contributed by atoms with Crippen LogP contribution in [0.25, 0.3) is 0 Å². The normalized spacial score (nSPS) is 13.3. The number of rotatable bonds is 6. The minimum atomic E-state index is -1.70. The fraction of sp³-hybridized carbons (Fsp3) is 0.333. The average Bonchev–Trinajstić information content (AvgIpc) is 2.52. The van der Waals surface area contributed by atoms with Crippen molar-refractivity contribution in [1.29, 1.82) is 0 Å². The van der Waals surface area contributed by atoms with Gasteiger partial charge in [-0.1, -0.05) is 19.1 Å². The van der Waals surface area contributed by atoms with E-state index < -0.39 is 11.5 Å². The monoisotopic (exact) mass is 346 g/mol. The van der Waals surface area contributed by atoms with E-state index in [1.54, 1.807) is 36.9 Å². The summed E-state index contributed by atoms with van der Waals surface area (Å²) < 4.78 is 1.39. The number of benzene rings is 1. The maximum absolute atomic E-state index is 12.4. The molecule has 0 aliphatic rings. The molecular weight excluding hydrogens is 324 g/mol. The zero-order valence-electron chi connectivity index (χ0n) is 14.1. The number of aliphatic hydroxyl groups is 1. The van der Waals surface area contributed by atoms with E-state index in [2.05, 4.69) is 12.2 Å². The second-order valence-electron chi connectivity index (χ2n) is 5.78. The van der Waals surface area contributed by atoms with Crippen LogP contribution in [0.15, 0.2) is 52.2 Å². The second-order valence-corrected chi connectivity index (χ2v) is 7.12. The molecule has 128 valence electrons. The molecular formula is C18H22N2O3S. The molecule has 1 amide bonds. The van der Waals surface area contributed by atoms with Crippen molar-refractivity contribution in [2.45, 2.75) is 37.8 Å². The quantitative estimate of drug-likeness (QED) is 0.789. The van der Waals surface area contributed by atoms with Crippen LogP contribution in [0, 0.1) is 6.92 Å². The Morgan fingerprint density at radius 2 is 2.00 bits per heavy atom. The van der Waals surface area contributed by atoms with Crippen LogP contribution in [0.5, 0.6) is 0 Å². The average molecular weight is 346 g/mol. The van der Waals surface area contributed by atoms with Crippen LogP contribution in [0.3, 0.4) is 0 Å². The van der Waals surface area contributed by atoms with Gasteiger partial charge >= 0.3 is 0 Å². The molecule has 0 spiro atoms. The summed E-state index contributed by atoms with van der Waals surface area (Å²) >= 11 is 1.67. The topological polar surface area (TPSA) is 71.3 Å². The van der Waals surface area contributed by atoms with Crippen molar-refractivity contribution in [1.82, 2.24) is 4.57 Å². The van der Waals surface area contributed by atoms with Gasteiger partial charge in [0.2, 0.25) is 0 Å². The number of hydrogen-bond donors (Lipinski definition) is 2. The van der Waals surface area contributed by atoms with Crippen LogP contribution in [0.1, 0.15) is 19.5 Å². The van der Waals surface area contributed by atoms with E-state index in [0.717, 1.165) is 10.6 Å². The summed E-state index contributed by atoms with van der Waals surface area (Å²) in [5.41, 5.74) is -0.638. The predicted octanol–water partition coefficient (Wildman–Crippen LogP) is 2.66. The molecule has 0 bridgehead atoms. The highest BCUT2D eigenvalue weighted by Crippen LogP contribution is 2.22. The third-order valence-electron chi connectivity index (χ3n) is 3.63. The molecule has 2 aromatic rings. The minimum absolute atomic E-state index is 0.103. The lowest BCUT2D eigenvalue weighted by Gasteiger charge is -2.24. The first kappa shape index (κ1) is 18.3. The number of thioether (sulfide) groups is 1. The first-order valence-electron chi connectivity index (χ1n) is 7.76. The summed E-state index contributed by atoms with van der Waals surface area (Å²) in [4.78, 5) is 25.4. The molecule has 24 heavy (non-hydrogen) atoms. The number of nitrogens with zero attached hydrogens (tertiary/aromatic N) is 1. The molecule has 1 aromatic carbocycles. The van der Waals surface area contributed by atoms with Crippen molar-refractivity contribution in [3.63, 3.8) is 0 Å². The van der Waals surface area contributed by atoms with E-state index in [-0.39, 0.29) is 12.1 Å². The molecule has 2 N–H and O–H groups in total. The first-order valence-corrected chi connectivity index (χ1v) is 8.75. The van der Waals surface area contributed by atoms with E-state index >= 15 is 0 Å². The van der Waals surface area contributed by atoms with Crippen molar-refractivity contribution in [2.24, 2.45) is 0 Å². The molecule has 1 heterocycles. The molecule has 0 radical (unpaired) electrons. The summed E-state index contributed by atoms with van der Waals surface area (Å²) in [5, 5.41) is 13.3. The van der Waals surface area contributed by atoms with Crippen LogP contribution in [0.4, 0.5) is 5.69 Å². The van der Waals surface area contributed by atoms with Crippen LogP contribution in [-0.2, 0) is 11.3 Å². The number of anilines is 1. The Morgan fingerprint density at radius 3 is 2.67 bits per heavy atom. The molecule has 5 nitrogen and oxygen atoms in total. The Balaban J connectivity index is 2.16. The van der Waals surface area contributed by atoms with Gasteiger partial charge in [-0.2, -0.15) is 0 Å². The third kappa shape index (κ3) is 4.49. The molecule has 0 saturated heterocycles. The lowest BCUT2D eigenvalue weighted by Crippen LogP contribution is -2.46. The Kier molecular flexibility index (Phi) is 5.85. The number of pyridine rings is 1. The Labute approximate surface area is 145 Å². The lowest BCUT2D eigenvalue weighted by molar-refractivity contribution is -0.133. The van der Waals surface area contributed by atoms with Gasteiger partial charge in [0.25, 0.3) is 11.5 Å². The van der Waals surface area contributed by atoms with Gasteiger partial charge in [-0.05, 0) is 43.9 Å². The summed E-state index contributed by atoms with van der Waals surface area (Å²) in [6, 6.07) is 12.3. The molecule has 6 heteroatoms. The number of aromatic nitrogens is 1. The van der Waals surface area contributed by atoms with Crippen LogP contribution in [-0.4, -0.2) is 26.9 Å². The number of nitrogens with one attached hydrogen (secondary N) is 1. The van der Waals surface area contributed by atoms with Gasteiger partial charge in [-0.3, -0.25) is 9.59 Å². The molecule has 0 aliphatic carbocycles. The summed E-state index contributed by atoms with van der Waals surface area (Å²) in [6.45, 7) is 5.13. The van der Waals surface area contributed by atoms with Crippen molar-refractivity contribution >= 4 is 23.4 Å². The highest BCUT2D eigenvalue weighted by Gasteiger charge is 2.31. The standard InChI is InChI=1S/C18H22N2O3S/c1-4-24-15-9-6-8-14(11-15)19-17(22)18(3,23)12-20-13(2)7-5-10-16(20)21/h5-11,23H,4,12H2,1-3H3,(H,19,22). The van der Waals surface area contributed by atoms with E-state index in [1.807, 2.05) is 18.2 Å². The number of carbonyl (C=O) groups excluding carboxylic acids is 1. The first-order chi connectivity index (χ1) is 11.3. The minimum Gasteiger partial charge on any atom is -0.378 e. The van der Waals surface area contributed by atoms with Crippen LogP contribution < -0.4 is 10.9 Å². The highest BCUT2D eigenvalue weighted by atomic mass is 32.2. The molecule has 0 fully saturated rings. The number of hydrogen-bond acceptors (Lipinski definition) is 4. The van der Waals surface area contributed by atoms with E-state index in [9.17, 15) is 14.7 Å². The zero-order valence-corrected chi connectivity index (χ0v) is 14.9. The zero-order chi connectivity index (χ0) is 17.7. The largest absolute Gasteiger partial charge is 0.378 e. The van der Waals surface area contributed by atoms with Gasteiger partial charge in [0.15, 0.2) is 5.60 Å². The van der Waals surface area contributed by atoms with Crippen LogP contribution >= 0.6 is 11.8 Å². The predicted molar refractivity (Wildman–Crippen MR) is 97.5 cm³/mol.